The van der Waals surface area contributed by atoms with E-state index in [0.717, 1.165) is 24.2 Å². The van der Waals surface area contributed by atoms with Crippen LogP contribution in [0.25, 0.3) is 0 Å². The van der Waals surface area contributed by atoms with Gasteiger partial charge < -0.3 is 29.7 Å². The number of rotatable bonds is 4. The third-order valence-electron chi connectivity index (χ3n) is 7.86. The molecule has 0 aromatic heterocycles. The summed E-state index contributed by atoms with van der Waals surface area (Å²) in [6.45, 7) is 4.14. The number of fused-ring (bicyclic) bond motifs is 4. The molecule has 3 aliphatic rings. The SMILES string of the molecule is COc1cccc(CN2CCN3C(=O)c4ccccc4OCC[C@@H]4CC[C@@H](NC(C)=O)[C@@H](CNC(=O)[C@@H]3C2)O4)c1. The molecule has 5 rings (SSSR count). The Balaban J connectivity index is 1.40. The molecule has 0 spiro atoms. The second-order valence-corrected chi connectivity index (χ2v) is 10.7. The van der Waals surface area contributed by atoms with Gasteiger partial charge in [-0.05, 0) is 42.7 Å². The average molecular weight is 551 g/mol. The molecular formula is C30H38N4O6. The molecule has 40 heavy (non-hydrogen) atoms. The number of carbonyl (C=O) groups excluding carboxylic acids is 3. The first-order valence-corrected chi connectivity index (χ1v) is 14.0. The third kappa shape index (κ3) is 6.56. The fourth-order valence-corrected chi connectivity index (χ4v) is 5.81. The highest BCUT2D eigenvalue weighted by atomic mass is 16.5. The fraction of sp³-hybridized carbons (Fsp3) is 0.500. The van der Waals surface area contributed by atoms with E-state index in [1.54, 1.807) is 24.1 Å². The summed E-state index contributed by atoms with van der Waals surface area (Å²) in [4.78, 5) is 43.3. The predicted octanol–water partition coefficient (Wildman–Crippen LogP) is 1.97. The minimum atomic E-state index is -0.707. The summed E-state index contributed by atoms with van der Waals surface area (Å²) < 4.78 is 17.8. The molecule has 2 aromatic carbocycles. The predicted molar refractivity (Wildman–Crippen MR) is 148 cm³/mol. The second-order valence-electron chi connectivity index (χ2n) is 10.7. The van der Waals surface area contributed by atoms with Crippen molar-refractivity contribution in [3.8, 4) is 11.5 Å². The minimum absolute atomic E-state index is 0.0674. The standard InChI is InChI=1S/C30H38N4O6/c1-20(35)32-25-11-10-22-12-15-39-27-9-4-3-8-24(27)30(37)34-14-13-33(18-21-6-5-7-23(16-21)38-2)19-26(34)29(36)31-17-28(25)40-22/h3-9,16,22,25-26,28H,10-15,17-19H2,1-2H3,(H,31,36)(H,32,35)/t22-,25+,26-,28+/m0/s1. The Kier molecular flexibility index (Phi) is 8.86. The van der Waals surface area contributed by atoms with Crippen LogP contribution in [0.3, 0.4) is 0 Å². The van der Waals surface area contributed by atoms with Crippen LogP contribution in [0.5, 0.6) is 11.5 Å². The Hall–Kier alpha value is -3.63. The third-order valence-corrected chi connectivity index (χ3v) is 7.86. The number of methoxy groups -OCH3 is 1. The molecule has 10 nitrogen and oxygen atoms in total. The molecule has 3 aliphatic heterocycles. The van der Waals surface area contributed by atoms with Crippen molar-refractivity contribution in [3.05, 3.63) is 59.7 Å². The summed E-state index contributed by atoms with van der Waals surface area (Å²) in [7, 11) is 1.64. The van der Waals surface area contributed by atoms with Gasteiger partial charge in [0.25, 0.3) is 5.91 Å². The zero-order chi connectivity index (χ0) is 28.1. The monoisotopic (exact) mass is 550 g/mol. The van der Waals surface area contributed by atoms with Crippen LogP contribution in [0.4, 0.5) is 0 Å². The van der Waals surface area contributed by atoms with Crippen LogP contribution >= 0.6 is 0 Å². The summed E-state index contributed by atoms with van der Waals surface area (Å²) in [6.07, 6.45) is 1.73. The van der Waals surface area contributed by atoms with Crippen LogP contribution in [-0.2, 0) is 20.9 Å². The molecule has 4 atom stereocenters. The highest BCUT2D eigenvalue weighted by Gasteiger charge is 2.38. The van der Waals surface area contributed by atoms with Gasteiger partial charge in [-0.1, -0.05) is 24.3 Å². The first kappa shape index (κ1) is 27.9. The number of amides is 3. The molecule has 0 unspecified atom stereocenters. The molecule has 0 saturated carbocycles. The van der Waals surface area contributed by atoms with Gasteiger partial charge in [-0.3, -0.25) is 19.3 Å². The van der Waals surface area contributed by atoms with E-state index in [-0.39, 0.29) is 42.5 Å². The van der Waals surface area contributed by atoms with E-state index < -0.39 is 6.04 Å². The van der Waals surface area contributed by atoms with E-state index in [0.29, 0.717) is 50.5 Å². The summed E-state index contributed by atoms with van der Waals surface area (Å²) in [5.74, 6) is 0.687. The quantitative estimate of drug-likeness (QED) is 0.599. The Morgan fingerprint density at radius 3 is 2.77 bits per heavy atom. The lowest BCUT2D eigenvalue weighted by atomic mass is 9.96. The molecule has 214 valence electrons. The van der Waals surface area contributed by atoms with Gasteiger partial charge in [-0.25, -0.2) is 0 Å². The summed E-state index contributed by atoms with van der Waals surface area (Å²) in [6, 6.07) is 14.2. The Morgan fingerprint density at radius 1 is 1.10 bits per heavy atom. The number of para-hydroxylation sites is 1. The van der Waals surface area contributed by atoms with Gasteiger partial charge in [-0.15, -0.1) is 0 Å². The van der Waals surface area contributed by atoms with Gasteiger partial charge in [0.2, 0.25) is 11.8 Å². The molecule has 2 bridgehead atoms. The molecule has 2 aromatic rings. The molecule has 2 fully saturated rings. The zero-order valence-electron chi connectivity index (χ0n) is 23.1. The summed E-state index contributed by atoms with van der Waals surface area (Å²) in [5, 5.41) is 6.03. The highest BCUT2D eigenvalue weighted by Crippen LogP contribution is 2.27. The maximum absolute atomic E-state index is 13.9. The smallest absolute Gasteiger partial charge is 0.258 e. The van der Waals surface area contributed by atoms with Crippen molar-refractivity contribution in [2.75, 3.05) is 39.9 Å². The van der Waals surface area contributed by atoms with E-state index >= 15 is 0 Å². The Morgan fingerprint density at radius 2 is 1.95 bits per heavy atom. The first-order valence-electron chi connectivity index (χ1n) is 14.0. The average Bonchev–Trinajstić information content (AvgIpc) is 2.96. The molecule has 0 radical (unpaired) electrons. The van der Waals surface area contributed by atoms with Crippen molar-refractivity contribution in [1.82, 2.24) is 20.4 Å². The lowest BCUT2D eigenvalue weighted by molar-refractivity contribution is -0.131. The second kappa shape index (κ2) is 12.7. The van der Waals surface area contributed by atoms with Crippen LogP contribution in [0, 0.1) is 0 Å². The lowest BCUT2D eigenvalue weighted by Gasteiger charge is -2.42. The zero-order valence-corrected chi connectivity index (χ0v) is 23.1. The number of hydrogen-bond acceptors (Lipinski definition) is 7. The number of nitrogens with zero attached hydrogens (tertiary/aromatic N) is 2. The van der Waals surface area contributed by atoms with Crippen molar-refractivity contribution in [3.63, 3.8) is 0 Å². The van der Waals surface area contributed by atoms with Crippen molar-refractivity contribution in [2.24, 2.45) is 0 Å². The van der Waals surface area contributed by atoms with Crippen LogP contribution < -0.4 is 20.1 Å². The normalized spacial score (nSPS) is 25.9. The summed E-state index contributed by atoms with van der Waals surface area (Å²) >= 11 is 0. The summed E-state index contributed by atoms with van der Waals surface area (Å²) in [5.41, 5.74) is 1.52. The molecule has 3 amide bonds. The molecule has 3 heterocycles. The van der Waals surface area contributed by atoms with Gasteiger partial charge in [0.1, 0.15) is 17.5 Å². The topological polar surface area (TPSA) is 109 Å². The van der Waals surface area contributed by atoms with E-state index in [1.165, 1.54) is 6.92 Å². The van der Waals surface area contributed by atoms with E-state index in [9.17, 15) is 14.4 Å². The van der Waals surface area contributed by atoms with Gasteiger partial charge in [0.05, 0.1) is 37.5 Å². The number of carbonyl (C=O) groups is 3. The number of nitrogens with one attached hydrogen (secondary N) is 2. The number of piperazine rings is 1. The van der Waals surface area contributed by atoms with Crippen LogP contribution in [0.2, 0.25) is 0 Å². The number of ether oxygens (including phenoxy) is 3. The molecule has 10 heteroatoms. The molecule has 2 N–H and O–H groups in total. The highest BCUT2D eigenvalue weighted by molar-refractivity contribution is 6.00. The van der Waals surface area contributed by atoms with Crippen LogP contribution in [0.15, 0.2) is 48.5 Å². The lowest BCUT2D eigenvalue weighted by Crippen LogP contribution is -2.61. The van der Waals surface area contributed by atoms with E-state index in [4.69, 9.17) is 14.2 Å². The molecule has 0 aliphatic carbocycles. The van der Waals surface area contributed by atoms with Gasteiger partial charge in [-0.2, -0.15) is 0 Å². The van der Waals surface area contributed by atoms with Crippen molar-refractivity contribution >= 4 is 17.7 Å². The Labute approximate surface area is 234 Å². The van der Waals surface area contributed by atoms with Crippen molar-refractivity contribution < 1.29 is 28.6 Å². The van der Waals surface area contributed by atoms with Crippen molar-refractivity contribution in [2.45, 2.75) is 57.0 Å². The van der Waals surface area contributed by atoms with E-state index in [1.807, 2.05) is 36.4 Å². The molecular weight excluding hydrogens is 512 g/mol. The number of benzene rings is 2. The largest absolute Gasteiger partial charge is 0.497 e. The van der Waals surface area contributed by atoms with Crippen molar-refractivity contribution in [1.29, 1.82) is 0 Å². The van der Waals surface area contributed by atoms with E-state index in [2.05, 4.69) is 15.5 Å². The first-order chi connectivity index (χ1) is 19.4. The molecule has 2 saturated heterocycles. The van der Waals surface area contributed by atoms with Gasteiger partial charge in [0.15, 0.2) is 0 Å². The van der Waals surface area contributed by atoms with Gasteiger partial charge in [0, 0.05) is 46.1 Å². The fourth-order valence-electron chi connectivity index (χ4n) is 5.81. The minimum Gasteiger partial charge on any atom is -0.497 e. The Bertz CT molecular complexity index is 1220. The van der Waals surface area contributed by atoms with Gasteiger partial charge >= 0.3 is 0 Å². The van der Waals surface area contributed by atoms with Crippen LogP contribution in [0.1, 0.15) is 42.1 Å². The maximum atomic E-state index is 13.9. The van der Waals surface area contributed by atoms with Crippen LogP contribution in [-0.4, -0.2) is 91.7 Å². The maximum Gasteiger partial charge on any atom is 0.258 e. The number of hydrogen-bond donors (Lipinski definition) is 2.